The highest BCUT2D eigenvalue weighted by atomic mass is 32.1. The minimum absolute atomic E-state index is 0.182. The molecule has 0 saturated carbocycles. The summed E-state index contributed by atoms with van der Waals surface area (Å²) in [7, 11) is 0.703. The van der Waals surface area contributed by atoms with Crippen molar-refractivity contribution >= 4 is 48.7 Å². The van der Waals surface area contributed by atoms with Gasteiger partial charge in [-0.25, -0.2) is 14.8 Å². The van der Waals surface area contributed by atoms with E-state index in [1.54, 1.807) is 31.3 Å². The predicted molar refractivity (Wildman–Crippen MR) is 150 cm³/mol. The first-order chi connectivity index (χ1) is 18.0. The molecule has 0 unspecified atom stereocenters. The molecule has 4 atom stereocenters. The summed E-state index contributed by atoms with van der Waals surface area (Å²) in [6, 6.07) is 0. The zero-order valence-corrected chi connectivity index (χ0v) is 26.1. The Hall–Kier alpha value is -2.39. The lowest BCUT2D eigenvalue weighted by atomic mass is 10.1. The second kappa shape index (κ2) is 10.5. The number of rotatable bonds is 5. The molecule has 0 bridgehead atoms. The molecule has 0 N–H and O–H groups in total. The molecule has 2 fully saturated rings. The van der Waals surface area contributed by atoms with Crippen molar-refractivity contribution in [3.8, 4) is 0 Å². The summed E-state index contributed by atoms with van der Waals surface area (Å²) in [6.07, 6.45) is -1.40. The SMILES string of the molecule is CC(C)OC(=O)O[C@@H]1[C@H]2O[Si](C(C)(C)C)(C(C)(C)C)OC[C@H]2O[C@H]1n1c(=O)sc2cnc(N=CN(C)C)nc21. The third-order valence-corrected chi connectivity index (χ3v) is 12.6. The first kappa shape index (κ1) is 29.6. The van der Waals surface area contributed by atoms with Gasteiger partial charge in [0.05, 0.1) is 29.9 Å². The van der Waals surface area contributed by atoms with Gasteiger partial charge in [-0.2, -0.15) is 4.98 Å². The first-order valence-corrected chi connectivity index (χ1v) is 15.6. The number of hydrogen-bond donors (Lipinski definition) is 0. The molecule has 216 valence electrons. The van der Waals surface area contributed by atoms with Gasteiger partial charge < -0.3 is 28.0 Å². The van der Waals surface area contributed by atoms with E-state index in [1.165, 1.54) is 4.57 Å². The Balaban J connectivity index is 1.81. The van der Waals surface area contributed by atoms with Crippen LogP contribution < -0.4 is 4.87 Å². The highest BCUT2D eigenvalue weighted by molar-refractivity contribution is 7.16. The van der Waals surface area contributed by atoms with Crippen molar-refractivity contribution in [1.29, 1.82) is 0 Å². The summed E-state index contributed by atoms with van der Waals surface area (Å²) in [5.74, 6) is 0.182. The van der Waals surface area contributed by atoms with Crippen LogP contribution in [-0.2, 0) is 23.1 Å². The van der Waals surface area contributed by atoms with Crippen LogP contribution in [0.3, 0.4) is 0 Å². The quantitative estimate of drug-likeness (QED) is 0.217. The lowest BCUT2D eigenvalue weighted by Crippen LogP contribution is -2.65. The molecule has 14 heteroatoms. The summed E-state index contributed by atoms with van der Waals surface area (Å²) in [5.41, 5.74) is 0.330. The molecule has 2 aliphatic heterocycles. The topological polar surface area (TPSA) is 127 Å². The number of nitrogens with zero attached hydrogens (tertiary/aromatic N) is 5. The van der Waals surface area contributed by atoms with Crippen LogP contribution in [0.25, 0.3) is 10.3 Å². The monoisotopic (exact) mass is 581 g/mol. The van der Waals surface area contributed by atoms with Gasteiger partial charge in [-0.15, -0.1) is 0 Å². The van der Waals surface area contributed by atoms with Gasteiger partial charge in [-0.1, -0.05) is 52.9 Å². The Morgan fingerprint density at radius 3 is 2.51 bits per heavy atom. The van der Waals surface area contributed by atoms with Crippen LogP contribution in [0.4, 0.5) is 10.7 Å². The minimum atomic E-state index is -2.96. The second-order valence-corrected chi connectivity index (χ2v) is 18.1. The van der Waals surface area contributed by atoms with E-state index < -0.39 is 45.4 Å². The predicted octanol–water partition coefficient (Wildman–Crippen LogP) is 4.36. The lowest BCUT2D eigenvalue weighted by molar-refractivity contribution is -0.0800. The Morgan fingerprint density at radius 1 is 1.26 bits per heavy atom. The zero-order valence-electron chi connectivity index (χ0n) is 24.3. The summed E-state index contributed by atoms with van der Waals surface area (Å²) >= 11 is 0.977. The number of aromatic nitrogens is 3. The van der Waals surface area contributed by atoms with Gasteiger partial charge in [0.15, 0.2) is 18.0 Å². The summed E-state index contributed by atoms with van der Waals surface area (Å²) < 4.78 is 33.0. The highest BCUT2D eigenvalue weighted by Gasteiger charge is 2.66. The van der Waals surface area contributed by atoms with E-state index >= 15 is 0 Å². The number of hydrogen-bond acceptors (Lipinski definition) is 11. The fourth-order valence-electron chi connectivity index (χ4n) is 5.27. The molecule has 4 heterocycles. The standard InChI is InChI=1S/C25H39N5O7SSi/c1-14(2)34-23(32)36-18-17-15(12-33-39(37-17,24(3,4)5)25(6,7)8)35-20(18)30-19-16(38-22(30)31)11-26-21(28-19)27-13-29(9)10/h11,13-15,17-18,20H,12H2,1-10H3/t15-,17+,18-,20-/m1/s1. The van der Waals surface area contributed by atoms with Crippen LogP contribution in [0, 0.1) is 0 Å². The van der Waals surface area contributed by atoms with Gasteiger partial charge in [0, 0.05) is 24.2 Å². The second-order valence-electron chi connectivity index (χ2n) is 12.4. The van der Waals surface area contributed by atoms with Crippen LogP contribution in [-0.4, -0.2) is 85.6 Å². The van der Waals surface area contributed by atoms with Crippen LogP contribution in [0.1, 0.15) is 61.6 Å². The maximum Gasteiger partial charge on any atom is 0.509 e. The summed E-state index contributed by atoms with van der Waals surface area (Å²) in [4.78, 5) is 40.6. The fraction of sp³-hybridized carbons (Fsp3) is 0.720. The van der Waals surface area contributed by atoms with Crippen LogP contribution >= 0.6 is 11.3 Å². The van der Waals surface area contributed by atoms with Gasteiger partial charge in [0.25, 0.3) is 5.95 Å². The maximum atomic E-state index is 13.3. The molecule has 0 radical (unpaired) electrons. The van der Waals surface area contributed by atoms with Crippen molar-refractivity contribution in [2.24, 2.45) is 4.99 Å². The molecule has 0 amide bonds. The van der Waals surface area contributed by atoms with Gasteiger partial charge in [-0.05, 0) is 13.8 Å². The molecule has 2 aromatic rings. The summed E-state index contributed by atoms with van der Waals surface area (Å²) in [6.45, 7) is 16.3. The Kier molecular flexibility index (Phi) is 8.00. The normalized spacial score (nSPS) is 25.3. The number of fused-ring (bicyclic) bond motifs is 2. The smallest absolute Gasteiger partial charge is 0.432 e. The van der Waals surface area contributed by atoms with Crippen LogP contribution in [0.2, 0.25) is 10.1 Å². The molecule has 0 spiro atoms. The molecule has 0 aliphatic carbocycles. The Morgan fingerprint density at radius 2 is 1.92 bits per heavy atom. The molecular formula is C25H39N5O7SSi. The lowest BCUT2D eigenvalue weighted by Gasteiger charge is -2.53. The van der Waals surface area contributed by atoms with Crippen molar-refractivity contribution in [1.82, 2.24) is 19.4 Å². The van der Waals surface area contributed by atoms with Crippen molar-refractivity contribution in [2.75, 3.05) is 20.7 Å². The van der Waals surface area contributed by atoms with Crippen molar-refractivity contribution in [2.45, 2.75) is 96.1 Å². The minimum Gasteiger partial charge on any atom is -0.432 e. The van der Waals surface area contributed by atoms with Crippen molar-refractivity contribution < 1.29 is 27.9 Å². The van der Waals surface area contributed by atoms with Crippen molar-refractivity contribution in [3.05, 3.63) is 15.9 Å². The summed E-state index contributed by atoms with van der Waals surface area (Å²) in [5, 5.41) is -0.619. The van der Waals surface area contributed by atoms with Crippen molar-refractivity contribution in [3.63, 3.8) is 0 Å². The first-order valence-electron chi connectivity index (χ1n) is 13.0. The number of ether oxygens (including phenoxy) is 3. The van der Waals surface area contributed by atoms with Gasteiger partial charge in [0.1, 0.15) is 12.2 Å². The third kappa shape index (κ3) is 5.62. The van der Waals surface area contributed by atoms with E-state index in [-0.39, 0.29) is 27.5 Å². The maximum absolute atomic E-state index is 13.3. The van der Waals surface area contributed by atoms with Gasteiger partial charge in [-0.3, -0.25) is 9.36 Å². The van der Waals surface area contributed by atoms with Gasteiger partial charge >= 0.3 is 19.6 Å². The van der Waals surface area contributed by atoms with E-state index in [4.69, 9.17) is 23.1 Å². The zero-order chi connectivity index (χ0) is 28.9. The van der Waals surface area contributed by atoms with E-state index in [1.807, 2.05) is 14.1 Å². The fourth-order valence-corrected chi connectivity index (χ4v) is 11.0. The molecule has 39 heavy (non-hydrogen) atoms. The van der Waals surface area contributed by atoms with E-state index in [0.29, 0.717) is 10.3 Å². The largest absolute Gasteiger partial charge is 0.509 e. The van der Waals surface area contributed by atoms with Gasteiger partial charge in [0.2, 0.25) is 0 Å². The molecule has 2 saturated heterocycles. The number of carbonyl (C=O) groups excluding carboxylic acids is 1. The van der Waals surface area contributed by atoms with E-state index in [9.17, 15) is 9.59 Å². The molecule has 2 aliphatic rings. The average Bonchev–Trinajstić information content (AvgIpc) is 3.30. The number of thiazole rings is 1. The van der Waals surface area contributed by atoms with Crippen LogP contribution in [0.5, 0.6) is 0 Å². The molecule has 12 nitrogen and oxygen atoms in total. The molecule has 2 aromatic heterocycles. The Labute approximate surface area is 233 Å². The Bertz CT molecular complexity index is 1280. The molecule has 0 aromatic carbocycles. The molecule has 4 rings (SSSR count). The number of aliphatic imine (C=N–C) groups is 1. The highest BCUT2D eigenvalue weighted by Crippen LogP contribution is 2.56. The third-order valence-electron chi connectivity index (χ3n) is 6.58. The van der Waals surface area contributed by atoms with E-state index in [2.05, 4.69) is 56.5 Å². The average molecular weight is 582 g/mol. The van der Waals surface area contributed by atoms with Crippen LogP contribution in [0.15, 0.2) is 16.0 Å². The van der Waals surface area contributed by atoms with E-state index in [0.717, 1.165) is 11.3 Å². The molecular weight excluding hydrogens is 542 g/mol. The number of carbonyl (C=O) groups is 1.